The maximum Gasteiger partial charge on any atom is 0.389 e. The van der Waals surface area contributed by atoms with Crippen LogP contribution in [-0.4, -0.2) is 19.0 Å². The smallest absolute Gasteiger partial charge is 0.389 e. The molecule has 0 unspecified atom stereocenters. The van der Waals surface area contributed by atoms with Crippen molar-refractivity contribution >= 4 is 5.97 Å². The molecule has 0 rings (SSSR count). The first kappa shape index (κ1) is 9.19. The quantitative estimate of drug-likeness (QED) is 0.460. The van der Waals surface area contributed by atoms with E-state index >= 15 is 0 Å². The lowest BCUT2D eigenvalue weighted by Crippen LogP contribution is -2.12. The fourth-order valence-corrected chi connectivity index (χ4v) is 0.273. The van der Waals surface area contributed by atoms with Crippen LogP contribution in [0.5, 0.6) is 0 Å². The second-order valence-electron chi connectivity index (χ2n) is 1.35. The van der Waals surface area contributed by atoms with Crippen molar-refractivity contribution in [3.8, 4) is 0 Å². The van der Waals surface area contributed by atoms with Gasteiger partial charge < -0.3 is 4.74 Å². The average molecular weight is 160 g/mol. The van der Waals surface area contributed by atoms with Crippen LogP contribution in [0.2, 0.25) is 0 Å². The molecule has 0 saturated carbocycles. The normalized spacial score (nSPS) is 10.6. The summed E-state index contributed by atoms with van der Waals surface area (Å²) in [6, 6.07) is 0. The highest BCUT2D eigenvalue weighted by Gasteiger charge is 2.15. The van der Waals surface area contributed by atoms with Crippen LogP contribution in [0.4, 0.5) is 17.6 Å². The van der Waals surface area contributed by atoms with Gasteiger partial charge in [0, 0.05) is 0 Å². The van der Waals surface area contributed by atoms with Gasteiger partial charge in [-0.05, 0) is 0 Å². The van der Waals surface area contributed by atoms with E-state index in [1.165, 1.54) is 0 Å². The lowest BCUT2D eigenvalue weighted by molar-refractivity contribution is -0.178. The van der Waals surface area contributed by atoms with Crippen LogP contribution in [0.3, 0.4) is 0 Å². The highest BCUT2D eigenvalue weighted by Crippen LogP contribution is 2.03. The summed E-state index contributed by atoms with van der Waals surface area (Å²) in [5, 5.41) is 0. The summed E-state index contributed by atoms with van der Waals surface area (Å²) in [7, 11) is 0. The fourth-order valence-electron chi connectivity index (χ4n) is 0.273. The van der Waals surface area contributed by atoms with Crippen LogP contribution in [0.25, 0.3) is 0 Å². The molecule has 0 aromatic carbocycles. The number of alkyl halides is 4. The molecule has 6 heteroatoms. The molecule has 0 atom stereocenters. The third-order valence-corrected chi connectivity index (χ3v) is 0.542. The SMILES string of the molecule is O=C(CC(F)F)OC(F)F. The molecule has 0 spiro atoms. The van der Waals surface area contributed by atoms with Crippen molar-refractivity contribution in [2.45, 2.75) is 19.5 Å². The molecule has 0 aromatic heterocycles. The Kier molecular flexibility index (Phi) is 3.75. The maximum atomic E-state index is 11.2. The summed E-state index contributed by atoms with van der Waals surface area (Å²) in [6.45, 7) is -3.31. The Labute approximate surface area is 53.8 Å². The number of halogens is 4. The van der Waals surface area contributed by atoms with Gasteiger partial charge in [0.25, 0.3) is 0 Å². The highest BCUT2D eigenvalue weighted by molar-refractivity contribution is 5.69. The Balaban J connectivity index is 3.44. The van der Waals surface area contributed by atoms with Crippen molar-refractivity contribution in [1.82, 2.24) is 0 Å². The molecule has 60 valence electrons. The fraction of sp³-hybridized carbons (Fsp3) is 0.750. The van der Waals surface area contributed by atoms with E-state index in [-0.39, 0.29) is 0 Å². The van der Waals surface area contributed by atoms with Crippen LogP contribution in [0, 0.1) is 0 Å². The molecule has 0 aliphatic carbocycles. The lowest BCUT2D eigenvalue weighted by atomic mass is 10.5. The van der Waals surface area contributed by atoms with E-state index in [0.717, 1.165) is 0 Å². The maximum absolute atomic E-state index is 11.2. The van der Waals surface area contributed by atoms with Gasteiger partial charge in [-0.2, -0.15) is 8.78 Å². The summed E-state index contributed by atoms with van der Waals surface area (Å²) in [5.74, 6) is -1.59. The van der Waals surface area contributed by atoms with Crippen LogP contribution >= 0.6 is 0 Å². The molecular weight excluding hydrogens is 156 g/mol. The molecule has 10 heavy (non-hydrogen) atoms. The average Bonchev–Trinajstić information content (AvgIpc) is 1.58. The van der Waals surface area contributed by atoms with E-state index in [9.17, 15) is 22.4 Å². The van der Waals surface area contributed by atoms with Crippen LogP contribution < -0.4 is 0 Å². The minimum atomic E-state index is -3.31. The van der Waals surface area contributed by atoms with Crippen LogP contribution in [-0.2, 0) is 9.53 Å². The van der Waals surface area contributed by atoms with E-state index < -0.39 is 25.4 Å². The molecule has 0 aromatic rings. The summed E-state index contributed by atoms with van der Waals surface area (Å²) >= 11 is 0. The van der Waals surface area contributed by atoms with Gasteiger partial charge in [0.05, 0.1) is 0 Å². The standard InChI is InChI=1S/C4H4F4O2/c5-2(6)1-3(9)10-4(7)8/h2,4H,1H2. The summed E-state index contributed by atoms with van der Waals surface area (Å²) < 4.78 is 47.6. The van der Waals surface area contributed by atoms with Gasteiger partial charge in [0.15, 0.2) is 0 Å². The van der Waals surface area contributed by atoms with E-state index in [1.807, 2.05) is 0 Å². The van der Waals surface area contributed by atoms with Crippen molar-refractivity contribution in [1.29, 1.82) is 0 Å². The first-order chi connectivity index (χ1) is 4.52. The molecule has 0 fully saturated rings. The highest BCUT2D eigenvalue weighted by atomic mass is 19.3. The predicted molar refractivity (Wildman–Crippen MR) is 22.7 cm³/mol. The van der Waals surface area contributed by atoms with Gasteiger partial charge in [-0.15, -0.1) is 0 Å². The predicted octanol–water partition coefficient (Wildman–Crippen LogP) is 1.41. The molecule has 0 N–H and O–H groups in total. The Morgan fingerprint density at radius 3 is 2.10 bits per heavy atom. The Hall–Kier alpha value is -0.810. The van der Waals surface area contributed by atoms with Crippen LogP contribution in [0.15, 0.2) is 0 Å². The van der Waals surface area contributed by atoms with Crippen molar-refractivity contribution in [3.63, 3.8) is 0 Å². The van der Waals surface area contributed by atoms with Gasteiger partial charge in [0.2, 0.25) is 6.43 Å². The van der Waals surface area contributed by atoms with Gasteiger partial charge in [-0.3, -0.25) is 4.79 Å². The van der Waals surface area contributed by atoms with E-state index in [2.05, 4.69) is 4.74 Å². The first-order valence-corrected chi connectivity index (χ1v) is 2.28. The number of esters is 1. The number of hydrogen-bond acceptors (Lipinski definition) is 2. The van der Waals surface area contributed by atoms with Crippen molar-refractivity contribution in [2.75, 3.05) is 0 Å². The minimum absolute atomic E-state index is 1.29. The zero-order valence-electron chi connectivity index (χ0n) is 4.69. The number of ether oxygens (including phenoxy) is 1. The zero-order chi connectivity index (χ0) is 8.15. The van der Waals surface area contributed by atoms with Crippen molar-refractivity contribution in [3.05, 3.63) is 0 Å². The molecule has 2 nitrogen and oxygen atoms in total. The van der Waals surface area contributed by atoms with Gasteiger partial charge in [-0.1, -0.05) is 0 Å². The Morgan fingerprint density at radius 1 is 1.30 bits per heavy atom. The van der Waals surface area contributed by atoms with Crippen molar-refractivity contribution in [2.24, 2.45) is 0 Å². The monoisotopic (exact) mass is 160 g/mol. The van der Waals surface area contributed by atoms with Gasteiger partial charge in [-0.25, -0.2) is 8.78 Å². The third kappa shape index (κ3) is 5.33. The van der Waals surface area contributed by atoms with E-state index in [0.29, 0.717) is 0 Å². The second-order valence-corrected chi connectivity index (χ2v) is 1.35. The molecular formula is C4H4F4O2. The Morgan fingerprint density at radius 2 is 1.80 bits per heavy atom. The Bertz CT molecular complexity index is 102. The number of carbonyl (C=O) groups excluding carboxylic acids is 1. The summed E-state index contributed by atoms with van der Waals surface area (Å²) in [6.07, 6.45) is -4.23. The van der Waals surface area contributed by atoms with E-state index in [4.69, 9.17) is 0 Å². The summed E-state index contributed by atoms with van der Waals surface area (Å²) in [5.41, 5.74) is 0. The molecule has 0 heterocycles. The number of hydrogen-bond donors (Lipinski definition) is 0. The topological polar surface area (TPSA) is 26.3 Å². The molecule has 0 aliphatic rings. The molecule has 0 amide bonds. The molecule has 0 saturated heterocycles. The van der Waals surface area contributed by atoms with Crippen LogP contribution in [0.1, 0.15) is 6.42 Å². The van der Waals surface area contributed by atoms with E-state index in [1.54, 1.807) is 0 Å². The largest absolute Gasteiger partial charge is 0.403 e. The molecule has 0 bridgehead atoms. The molecule has 0 radical (unpaired) electrons. The number of rotatable bonds is 3. The lowest BCUT2D eigenvalue weighted by Gasteiger charge is -2.00. The van der Waals surface area contributed by atoms with Gasteiger partial charge >= 0.3 is 12.6 Å². The second kappa shape index (κ2) is 4.08. The zero-order valence-corrected chi connectivity index (χ0v) is 4.69. The third-order valence-electron chi connectivity index (χ3n) is 0.542. The van der Waals surface area contributed by atoms with Crippen molar-refractivity contribution < 1.29 is 27.1 Å². The first-order valence-electron chi connectivity index (χ1n) is 2.28. The summed E-state index contributed by atoms with van der Waals surface area (Å²) in [4.78, 5) is 9.88. The minimum Gasteiger partial charge on any atom is -0.403 e. The number of carbonyl (C=O) groups is 1. The van der Waals surface area contributed by atoms with Gasteiger partial charge in [0.1, 0.15) is 6.42 Å². The molecule has 0 aliphatic heterocycles.